The van der Waals surface area contributed by atoms with Gasteiger partial charge in [0.05, 0.1) is 16.7 Å². The fraction of sp³-hybridized carbons (Fsp3) is 0.111. The van der Waals surface area contributed by atoms with Crippen molar-refractivity contribution in [3.63, 3.8) is 0 Å². The molecule has 7 nitrogen and oxygen atoms in total. The normalized spacial score (nSPS) is 9.89. The summed E-state index contributed by atoms with van der Waals surface area (Å²) in [6, 6.07) is 3.03. The van der Waals surface area contributed by atoms with Crippen LogP contribution in [-0.2, 0) is 0 Å². The van der Waals surface area contributed by atoms with E-state index in [-0.39, 0.29) is 24.1 Å². The lowest BCUT2D eigenvalue weighted by atomic mass is 10.1. The minimum Gasteiger partial charge on any atom is -0.369 e. The first-order valence-electron chi connectivity index (χ1n) is 4.49. The molecule has 0 aromatic heterocycles. The van der Waals surface area contributed by atoms with E-state index in [1.54, 1.807) is 13.0 Å². The molecule has 18 heavy (non-hydrogen) atoms. The van der Waals surface area contributed by atoms with Gasteiger partial charge in [0, 0.05) is 10.5 Å². The minimum atomic E-state index is -0.492. The predicted molar refractivity (Wildman–Crippen MR) is 75.4 cm³/mol. The van der Waals surface area contributed by atoms with E-state index in [1.165, 1.54) is 12.3 Å². The summed E-state index contributed by atoms with van der Waals surface area (Å²) in [5.74, 6) is -0.338. The van der Waals surface area contributed by atoms with Crippen LogP contribution in [0, 0.1) is 22.4 Å². The van der Waals surface area contributed by atoms with Crippen molar-refractivity contribution in [2.75, 3.05) is 0 Å². The van der Waals surface area contributed by atoms with Gasteiger partial charge in [0.1, 0.15) is 0 Å². The first-order valence-corrected chi connectivity index (χ1v) is 5.28. The Morgan fingerprint density at radius 1 is 1.67 bits per heavy atom. The average Bonchev–Trinajstić information content (AvgIpc) is 2.22. The molecule has 0 radical (unpaired) electrons. The molecule has 0 unspecified atom stereocenters. The molecule has 0 bridgehead atoms. The van der Waals surface area contributed by atoms with Crippen LogP contribution in [0.4, 0.5) is 5.69 Å². The summed E-state index contributed by atoms with van der Waals surface area (Å²) < 4.78 is 0.743. The fourth-order valence-electron chi connectivity index (χ4n) is 1.11. The molecule has 98 valence electrons. The van der Waals surface area contributed by atoms with Gasteiger partial charge >= 0.3 is 0 Å². The quantitative estimate of drug-likeness (QED) is 0.338. The second-order valence-corrected chi connectivity index (χ2v) is 4.06. The van der Waals surface area contributed by atoms with Crippen LogP contribution in [0.3, 0.4) is 0 Å². The zero-order valence-corrected chi connectivity index (χ0v) is 11.7. The lowest BCUT2D eigenvalue weighted by molar-refractivity contribution is -0.385. The van der Waals surface area contributed by atoms with Crippen LogP contribution in [0.15, 0.2) is 21.7 Å². The third kappa shape index (κ3) is 4.30. The highest BCUT2D eigenvalue weighted by atomic mass is 79.9. The van der Waals surface area contributed by atoms with Crippen LogP contribution in [-0.4, -0.2) is 17.1 Å². The maximum Gasteiger partial charge on any atom is 0.278 e. The molecule has 0 spiro atoms. The Morgan fingerprint density at radius 3 is 2.78 bits per heavy atom. The van der Waals surface area contributed by atoms with Crippen LogP contribution in [0.25, 0.3) is 0 Å². The number of nitro groups is 1. The Bertz CT molecular complexity index is 506. The molecule has 0 aliphatic rings. The Labute approximate surface area is 118 Å². The van der Waals surface area contributed by atoms with Crippen LogP contribution in [0.2, 0.25) is 0 Å². The summed E-state index contributed by atoms with van der Waals surface area (Å²) in [6.45, 7) is 1.76. The largest absolute Gasteiger partial charge is 0.369 e. The van der Waals surface area contributed by atoms with Crippen LogP contribution in [0.5, 0.6) is 0 Å². The van der Waals surface area contributed by atoms with E-state index < -0.39 is 4.92 Å². The van der Waals surface area contributed by atoms with Crippen LogP contribution in [0.1, 0.15) is 11.1 Å². The molecule has 0 fully saturated rings. The highest BCUT2D eigenvalue weighted by Crippen LogP contribution is 2.25. The van der Waals surface area contributed by atoms with E-state index in [9.17, 15) is 10.1 Å². The van der Waals surface area contributed by atoms with Crippen LogP contribution < -0.4 is 11.2 Å². The number of nitrogens with one attached hydrogen (secondary N) is 2. The average molecular weight is 337 g/mol. The van der Waals surface area contributed by atoms with E-state index in [0.29, 0.717) is 5.56 Å². The summed E-state index contributed by atoms with van der Waals surface area (Å²) in [6.07, 6.45) is 1.24. The van der Waals surface area contributed by atoms with Gasteiger partial charge in [-0.25, -0.2) is 5.43 Å². The molecule has 0 amide bonds. The van der Waals surface area contributed by atoms with Gasteiger partial charge in [0.2, 0.25) is 5.96 Å². The van der Waals surface area contributed by atoms with Crippen molar-refractivity contribution in [2.24, 2.45) is 10.8 Å². The Balaban J connectivity index is 0.00000289. The van der Waals surface area contributed by atoms with Crippen molar-refractivity contribution in [1.82, 2.24) is 5.43 Å². The number of halogens is 2. The van der Waals surface area contributed by atoms with Gasteiger partial charge in [-0.1, -0.05) is 15.9 Å². The Morgan fingerprint density at radius 2 is 2.28 bits per heavy atom. The predicted octanol–water partition coefficient (Wildman–Crippen LogP) is 1.90. The Hall–Kier alpha value is -1.67. The molecule has 1 rings (SSSR count). The molecule has 4 N–H and O–H groups in total. The monoisotopic (exact) mass is 335 g/mol. The van der Waals surface area contributed by atoms with Gasteiger partial charge < -0.3 is 5.73 Å². The number of benzene rings is 1. The van der Waals surface area contributed by atoms with E-state index in [2.05, 4.69) is 26.5 Å². The topological polar surface area (TPSA) is 117 Å². The number of nitro benzene ring substituents is 1. The lowest BCUT2D eigenvalue weighted by Crippen LogP contribution is -2.25. The second-order valence-electron chi connectivity index (χ2n) is 3.20. The number of nitrogens with two attached hydrogens (primary N) is 1. The smallest absolute Gasteiger partial charge is 0.278 e. The van der Waals surface area contributed by atoms with Gasteiger partial charge in [-0.05, 0) is 18.6 Å². The SMILES string of the molecule is Cc1cc([N+](=O)[O-])c(C=NNC(=N)N)cc1Br.Cl. The lowest BCUT2D eigenvalue weighted by Gasteiger charge is -2.02. The summed E-state index contributed by atoms with van der Waals surface area (Å²) in [4.78, 5) is 10.3. The molecule has 0 saturated carbocycles. The van der Waals surface area contributed by atoms with E-state index in [1.807, 2.05) is 0 Å². The van der Waals surface area contributed by atoms with Gasteiger partial charge in [-0.3, -0.25) is 15.5 Å². The second kappa shape index (κ2) is 6.92. The molecule has 0 aliphatic carbocycles. The highest BCUT2D eigenvalue weighted by Gasteiger charge is 2.14. The fourth-order valence-corrected chi connectivity index (χ4v) is 1.48. The third-order valence-corrected chi connectivity index (χ3v) is 2.75. The zero-order valence-electron chi connectivity index (χ0n) is 9.31. The van der Waals surface area contributed by atoms with Gasteiger partial charge in [-0.15, -0.1) is 12.4 Å². The maximum absolute atomic E-state index is 10.8. The Kier molecular flexibility index (Phi) is 6.28. The van der Waals surface area contributed by atoms with E-state index in [4.69, 9.17) is 11.1 Å². The number of rotatable bonds is 3. The molecule has 0 atom stereocenters. The number of aryl methyl sites for hydroxylation is 1. The van der Waals surface area contributed by atoms with Gasteiger partial charge in [0.25, 0.3) is 5.69 Å². The summed E-state index contributed by atoms with van der Waals surface area (Å²) >= 11 is 3.28. The summed E-state index contributed by atoms with van der Waals surface area (Å²) in [7, 11) is 0. The highest BCUT2D eigenvalue weighted by molar-refractivity contribution is 9.10. The standard InChI is InChI=1S/C9H10BrN5O2.ClH/c1-5-2-8(15(16)17)6(3-7(5)10)4-13-14-9(11)12;/h2-4H,1H3,(H4,11,12,14);1H. The van der Waals surface area contributed by atoms with Crippen molar-refractivity contribution in [1.29, 1.82) is 5.41 Å². The number of guanidine groups is 1. The minimum absolute atomic E-state index is 0. The molecule has 0 saturated heterocycles. The third-order valence-electron chi connectivity index (χ3n) is 1.89. The van der Waals surface area contributed by atoms with Crippen molar-refractivity contribution < 1.29 is 4.92 Å². The summed E-state index contributed by atoms with van der Waals surface area (Å²) in [5, 5.41) is 21.3. The molecular weight excluding hydrogens is 325 g/mol. The van der Waals surface area contributed by atoms with Crippen molar-refractivity contribution >= 4 is 46.2 Å². The first-order chi connectivity index (χ1) is 7.91. The van der Waals surface area contributed by atoms with Crippen LogP contribution >= 0.6 is 28.3 Å². The van der Waals surface area contributed by atoms with Crippen molar-refractivity contribution in [2.45, 2.75) is 6.92 Å². The van der Waals surface area contributed by atoms with Crippen molar-refractivity contribution in [3.05, 3.63) is 37.8 Å². The zero-order chi connectivity index (χ0) is 13.0. The molecule has 0 heterocycles. The maximum atomic E-state index is 10.8. The van der Waals surface area contributed by atoms with Crippen molar-refractivity contribution in [3.8, 4) is 0 Å². The van der Waals surface area contributed by atoms with Gasteiger partial charge in [0.15, 0.2) is 0 Å². The molecule has 0 aliphatic heterocycles. The first kappa shape index (κ1) is 16.3. The molecule has 1 aromatic rings. The summed E-state index contributed by atoms with van der Waals surface area (Å²) in [5.41, 5.74) is 8.23. The number of hydrogen-bond acceptors (Lipinski definition) is 4. The molecule has 1 aromatic carbocycles. The molecular formula is C9H11BrClN5O2. The number of hydrogen-bond donors (Lipinski definition) is 3. The van der Waals surface area contributed by atoms with Gasteiger partial charge in [-0.2, -0.15) is 5.10 Å². The number of nitrogens with zero attached hydrogens (tertiary/aromatic N) is 2. The number of hydrazone groups is 1. The van der Waals surface area contributed by atoms with E-state index >= 15 is 0 Å². The molecule has 9 heteroatoms. The van der Waals surface area contributed by atoms with E-state index in [0.717, 1.165) is 10.0 Å².